The molecule has 0 saturated carbocycles. The molecule has 0 unspecified atom stereocenters. The van der Waals surface area contributed by atoms with Crippen LogP contribution in [0, 0.1) is 6.92 Å². The minimum absolute atomic E-state index is 0.0991. The monoisotopic (exact) mass is 309 g/mol. The smallest absolute Gasteiger partial charge is 0.269 e. The summed E-state index contributed by atoms with van der Waals surface area (Å²) in [6, 6.07) is 14.4. The van der Waals surface area contributed by atoms with Crippen LogP contribution in [0.2, 0.25) is 0 Å². The van der Waals surface area contributed by atoms with E-state index in [1.165, 1.54) is 11.1 Å². The molecule has 1 atom stereocenters. The Morgan fingerprint density at radius 2 is 2.00 bits per heavy atom. The number of hydrogen-bond acceptors (Lipinski definition) is 3. The lowest BCUT2D eigenvalue weighted by Crippen LogP contribution is -2.44. The minimum Gasteiger partial charge on any atom is -0.349 e. The van der Waals surface area contributed by atoms with Gasteiger partial charge in [0, 0.05) is 31.4 Å². The van der Waals surface area contributed by atoms with Crippen LogP contribution >= 0.6 is 0 Å². The zero-order valence-corrected chi connectivity index (χ0v) is 13.7. The molecular weight excluding hydrogens is 286 g/mol. The van der Waals surface area contributed by atoms with Gasteiger partial charge in [-0.15, -0.1) is 0 Å². The molecular formula is C19H23N3O. The molecule has 1 N–H and O–H groups in total. The summed E-state index contributed by atoms with van der Waals surface area (Å²) < 4.78 is 0. The summed E-state index contributed by atoms with van der Waals surface area (Å²) in [7, 11) is 0. The SMILES string of the molecule is Cc1cccc(C(=O)NC[C@H](C)N2CCc3ccccc3C2)n1. The molecule has 1 aliphatic heterocycles. The highest BCUT2D eigenvalue weighted by atomic mass is 16.1. The number of carbonyl (C=O) groups is 1. The van der Waals surface area contributed by atoms with Crippen LogP contribution in [0.15, 0.2) is 42.5 Å². The lowest BCUT2D eigenvalue weighted by atomic mass is 9.99. The number of fused-ring (bicyclic) bond motifs is 1. The highest BCUT2D eigenvalue weighted by Gasteiger charge is 2.20. The van der Waals surface area contributed by atoms with Crippen molar-refractivity contribution in [2.24, 2.45) is 0 Å². The summed E-state index contributed by atoms with van der Waals surface area (Å²) >= 11 is 0. The third-order valence-corrected chi connectivity index (χ3v) is 4.46. The number of nitrogens with zero attached hydrogens (tertiary/aromatic N) is 2. The van der Waals surface area contributed by atoms with Crippen LogP contribution < -0.4 is 5.32 Å². The van der Waals surface area contributed by atoms with E-state index in [4.69, 9.17) is 0 Å². The first-order valence-electron chi connectivity index (χ1n) is 8.16. The summed E-state index contributed by atoms with van der Waals surface area (Å²) in [5, 5.41) is 3.00. The van der Waals surface area contributed by atoms with Crippen LogP contribution in [0.3, 0.4) is 0 Å². The van der Waals surface area contributed by atoms with Crippen LogP contribution in [-0.4, -0.2) is 34.9 Å². The van der Waals surface area contributed by atoms with Gasteiger partial charge in [0.2, 0.25) is 0 Å². The highest BCUT2D eigenvalue weighted by molar-refractivity contribution is 5.92. The van der Waals surface area contributed by atoms with E-state index in [2.05, 4.69) is 46.4 Å². The van der Waals surface area contributed by atoms with Gasteiger partial charge >= 0.3 is 0 Å². The number of benzene rings is 1. The predicted molar refractivity (Wildman–Crippen MR) is 91.3 cm³/mol. The second-order valence-corrected chi connectivity index (χ2v) is 6.21. The minimum atomic E-state index is -0.0991. The van der Waals surface area contributed by atoms with Crippen molar-refractivity contribution in [3.8, 4) is 0 Å². The zero-order chi connectivity index (χ0) is 16.2. The number of hydrogen-bond donors (Lipinski definition) is 1. The standard InChI is InChI=1S/C19H23N3O/c1-14-6-5-9-18(21-14)19(23)20-12-15(2)22-11-10-16-7-3-4-8-17(16)13-22/h3-9,15H,10-13H2,1-2H3,(H,20,23)/t15-/m0/s1. The molecule has 1 aromatic heterocycles. The van der Waals surface area contributed by atoms with E-state index in [1.54, 1.807) is 6.07 Å². The fraction of sp³-hybridized carbons (Fsp3) is 0.368. The molecule has 4 nitrogen and oxygen atoms in total. The van der Waals surface area contributed by atoms with Gasteiger partial charge in [-0.05, 0) is 43.5 Å². The van der Waals surface area contributed by atoms with E-state index in [9.17, 15) is 4.79 Å². The number of rotatable bonds is 4. The van der Waals surface area contributed by atoms with Crippen molar-refractivity contribution < 1.29 is 4.79 Å². The molecule has 0 aliphatic carbocycles. The number of amides is 1. The molecule has 1 aromatic carbocycles. The molecule has 120 valence electrons. The van der Waals surface area contributed by atoms with Gasteiger partial charge in [0.05, 0.1) is 0 Å². The van der Waals surface area contributed by atoms with Gasteiger partial charge in [0.15, 0.2) is 0 Å². The van der Waals surface area contributed by atoms with Crippen LogP contribution in [0.5, 0.6) is 0 Å². The summed E-state index contributed by atoms with van der Waals surface area (Å²) in [6.07, 6.45) is 1.08. The summed E-state index contributed by atoms with van der Waals surface area (Å²) in [6.45, 7) is 6.69. The second kappa shape index (κ2) is 6.92. The molecule has 0 radical (unpaired) electrons. The number of aryl methyl sites for hydroxylation is 1. The van der Waals surface area contributed by atoms with Crippen LogP contribution in [0.4, 0.5) is 0 Å². The molecule has 0 spiro atoms. The normalized spacial score (nSPS) is 15.7. The lowest BCUT2D eigenvalue weighted by molar-refractivity contribution is 0.0927. The Labute approximate surface area is 137 Å². The van der Waals surface area contributed by atoms with Crippen molar-refractivity contribution in [2.45, 2.75) is 32.9 Å². The summed E-state index contributed by atoms with van der Waals surface area (Å²) in [5.74, 6) is -0.0991. The first kappa shape index (κ1) is 15.7. The number of aromatic nitrogens is 1. The van der Waals surface area contributed by atoms with Crippen molar-refractivity contribution in [1.29, 1.82) is 0 Å². The predicted octanol–water partition coefficient (Wildman–Crippen LogP) is 2.57. The van der Waals surface area contributed by atoms with E-state index < -0.39 is 0 Å². The largest absolute Gasteiger partial charge is 0.349 e. The van der Waals surface area contributed by atoms with E-state index in [1.807, 2.05) is 19.1 Å². The molecule has 0 fully saturated rings. The molecule has 2 aromatic rings. The lowest BCUT2D eigenvalue weighted by Gasteiger charge is -2.33. The van der Waals surface area contributed by atoms with E-state index in [-0.39, 0.29) is 5.91 Å². The van der Waals surface area contributed by atoms with Crippen molar-refractivity contribution in [1.82, 2.24) is 15.2 Å². The van der Waals surface area contributed by atoms with Gasteiger partial charge in [-0.25, -0.2) is 4.98 Å². The first-order chi connectivity index (χ1) is 11.1. The number of pyridine rings is 1. The van der Waals surface area contributed by atoms with Crippen LogP contribution in [-0.2, 0) is 13.0 Å². The van der Waals surface area contributed by atoms with Crippen LogP contribution in [0.1, 0.15) is 34.2 Å². The molecule has 2 heterocycles. The summed E-state index contributed by atoms with van der Waals surface area (Å²) in [5.41, 5.74) is 4.20. The zero-order valence-electron chi connectivity index (χ0n) is 13.7. The molecule has 0 saturated heterocycles. The topological polar surface area (TPSA) is 45.2 Å². The van der Waals surface area contributed by atoms with Gasteiger partial charge in [-0.2, -0.15) is 0 Å². The molecule has 23 heavy (non-hydrogen) atoms. The fourth-order valence-corrected chi connectivity index (χ4v) is 3.02. The van der Waals surface area contributed by atoms with Gasteiger partial charge in [0.25, 0.3) is 5.91 Å². The molecule has 1 aliphatic rings. The van der Waals surface area contributed by atoms with Crippen molar-refractivity contribution >= 4 is 5.91 Å². The fourth-order valence-electron chi connectivity index (χ4n) is 3.02. The van der Waals surface area contributed by atoms with Crippen LogP contribution in [0.25, 0.3) is 0 Å². The Morgan fingerprint density at radius 1 is 1.22 bits per heavy atom. The van der Waals surface area contributed by atoms with Gasteiger partial charge in [0.1, 0.15) is 5.69 Å². The van der Waals surface area contributed by atoms with Gasteiger partial charge in [-0.3, -0.25) is 9.69 Å². The summed E-state index contributed by atoms with van der Waals surface area (Å²) in [4.78, 5) is 18.9. The van der Waals surface area contributed by atoms with E-state index >= 15 is 0 Å². The molecule has 0 bridgehead atoms. The maximum Gasteiger partial charge on any atom is 0.269 e. The van der Waals surface area contributed by atoms with Crippen molar-refractivity contribution in [3.05, 3.63) is 65.0 Å². The highest BCUT2D eigenvalue weighted by Crippen LogP contribution is 2.19. The maximum atomic E-state index is 12.2. The molecule has 3 rings (SSSR count). The molecule has 1 amide bonds. The quantitative estimate of drug-likeness (QED) is 0.944. The number of carbonyl (C=O) groups excluding carboxylic acids is 1. The van der Waals surface area contributed by atoms with E-state index in [0.29, 0.717) is 18.3 Å². The average molecular weight is 309 g/mol. The third-order valence-electron chi connectivity index (χ3n) is 4.46. The second-order valence-electron chi connectivity index (χ2n) is 6.21. The Hall–Kier alpha value is -2.20. The van der Waals surface area contributed by atoms with Gasteiger partial charge < -0.3 is 5.32 Å². The Bertz CT molecular complexity index is 699. The average Bonchev–Trinajstić information content (AvgIpc) is 2.59. The number of nitrogens with one attached hydrogen (secondary N) is 1. The maximum absolute atomic E-state index is 12.2. The Kier molecular flexibility index (Phi) is 4.72. The first-order valence-corrected chi connectivity index (χ1v) is 8.16. The third kappa shape index (κ3) is 3.77. The molecule has 4 heteroatoms. The van der Waals surface area contributed by atoms with Crippen molar-refractivity contribution in [3.63, 3.8) is 0 Å². The van der Waals surface area contributed by atoms with Crippen molar-refractivity contribution in [2.75, 3.05) is 13.1 Å². The van der Waals surface area contributed by atoms with Gasteiger partial charge in [-0.1, -0.05) is 30.3 Å². The van der Waals surface area contributed by atoms with E-state index in [0.717, 1.165) is 25.2 Å². The Morgan fingerprint density at radius 3 is 2.78 bits per heavy atom. The Balaban J connectivity index is 1.56.